The third kappa shape index (κ3) is 2.62. The fraction of sp³-hybridized carbons (Fsp3) is 0. The second-order valence-electron chi connectivity index (χ2n) is 4.94. The fourth-order valence-electron chi connectivity index (χ4n) is 2.32. The Balaban J connectivity index is 1.74. The van der Waals surface area contributed by atoms with Gasteiger partial charge in [-0.25, -0.2) is 0 Å². The molecule has 0 unspecified atom stereocenters. The molecular formula is C17H11ClN4O. The van der Waals surface area contributed by atoms with E-state index in [0.717, 1.165) is 16.7 Å². The monoisotopic (exact) mass is 322 g/mol. The molecule has 0 saturated heterocycles. The van der Waals surface area contributed by atoms with Crippen LogP contribution in [-0.2, 0) is 0 Å². The van der Waals surface area contributed by atoms with Gasteiger partial charge in [0.1, 0.15) is 5.69 Å². The lowest BCUT2D eigenvalue weighted by atomic mass is 10.1. The number of H-pyrrole nitrogens is 1. The quantitative estimate of drug-likeness (QED) is 0.605. The standard InChI is InChI=1S/C17H11ClN4O/c18-13-8-6-11(7-9-13)14-10-19-20-15(14)17-22-21-16(23-17)12-4-2-1-3-5-12/h1-10H,(H,19,20). The zero-order valence-electron chi connectivity index (χ0n) is 11.9. The molecule has 0 aliphatic heterocycles. The van der Waals surface area contributed by atoms with Gasteiger partial charge in [0.2, 0.25) is 5.89 Å². The molecule has 4 aromatic rings. The van der Waals surface area contributed by atoms with Gasteiger partial charge in [-0.15, -0.1) is 10.2 Å². The van der Waals surface area contributed by atoms with Gasteiger partial charge in [-0.2, -0.15) is 5.10 Å². The number of halogens is 1. The number of nitrogens with zero attached hydrogens (tertiary/aromatic N) is 3. The van der Waals surface area contributed by atoms with Crippen molar-refractivity contribution < 1.29 is 4.42 Å². The first-order valence-corrected chi connectivity index (χ1v) is 7.37. The van der Waals surface area contributed by atoms with Crippen LogP contribution in [0.3, 0.4) is 0 Å². The minimum atomic E-state index is 0.395. The second-order valence-corrected chi connectivity index (χ2v) is 5.38. The van der Waals surface area contributed by atoms with Gasteiger partial charge in [0.05, 0.1) is 6.20 Å². The average molecular weight is 323 g/mol. The van der Waals surface area contributed by atoms with E-state index in [-0.39, 0.29) is 0 Å². The van der Waals surface area contributed by atoms with Crippen LogP contribution in [0.1, 0.15) is 0 Å². The summed E-state index contributed by atoms with van der Waals surface area (Å²) in [5.74, 6) is 0.864. The minimum absolute atomic E-state index is 0.395. The Bertz CT molecular complexity index is 929. The zero-order valence-corrected chi connectivity index (χ0v) is 12.7. The van der Waals surface area contributed by atoms with Crippen LogP contribution in [0, 0.1) is 0 Å². The van der Waals surface area contributed by atoms with Crippen LogP contribution in [-0.4, -0.2) is 20.4 Å². The summed E-state index contributed by atoms with van der Waals surface area (Å²) in [6.07, 6.45) is 1.73. The number of aromatic nitrogens is 4. The zero-order chi connectivity index (χ0) is 15.6. The lowest BCUT2D eigenvalue weighted by Gasteiger charge is -2.00. The number of hydrogen-bond donors (Lipinski definition) is 1. The summed E-state index contributed by atoms with van der Waals surface area (Å²) in [5, 5.41) is 15.9. The maximum absolute atomic E-state index is 5.94. The van der Waals surface area contributed by atoms with Crippen molar-refractivity contribution >= 4 is 11.6 Å². The average Bonchev–Trinajstić information content (AvgIpc) is 3.25. The molecule has 2 heterocycles. The van der Waals surface area contributed by atoms with Crippen molar-refractivity contribution in [2.24, 2.45) is 0 Å². The summed E-state index contributed by atoms with van der Waals surface area (Å²) >= 11 is 5.94. The number of aromatic amines is 1. The molecule has 0 saturated carbocycles. The molecule has 2 aromatic heterocycles. The molecule has 0 atom stereocenters. The van der Waals surface area contributed by atoms with Crippen LogP contribution in [0.2, 0.25) is 5.02 Å². The van der Waals surface area contributed by atoms with Crippen LogP contribution >= 0.6 is 11.6 Å². The Morgan fingerprint density at radius 3 is 2.35 bits per heavy atom. The number of benzene rings is 2. The highest BCUT2D eigenvalue weighted by Gasteiger charge is 2.16. The molecule has 6 heteroatoms. The second kappa shape index (κ2) is 5.70. The molecule has 0 bridgehead atoms. The van der Waals surface area contributed by atoms with E-state index < -0.39 is 0 Å². The van der Waals surface area contributed by atoms with Gasteiger partial charge in [0.15, 0.2) is 0 Å². The van der Waals surface area contributed by atoms with E-state index in [2.05, 4.69) is 20.4 Å². The predicted molar refractivity (Wildman–Crippen MR) is 87.8 cm³/mol. The van der Waals surface area contributed by atoms with E-state index in [0.29, 0.717) is 22.5 Å². The first-order chi connectivity index (χ1) is 11.3. The Morgan fingerprint density at radius 2 is 1.57 bits per heavy atom. The maximum Gasteiger partial charge on any atom is 0.266 e. The third-order valence-corrected chi connectivity index (χ3v) is 3.71. The van der Waals surface area contributed by atoms with Crippen molar-refractivity contribution in [3.63, 3.8) is 0 Å². The Hall–Kier alpha value is -2.92. The van der Waals surface area contributed by atoms with Gasteiger partial charge in [-0.1, -0.05) is 41.9 Å². The molecule has 2 aromatic carbocycles. The normalized spacial score (nSPS) is 10.8. The number of rotatable bonds is 3. The van der Waals surface area contributed by atoms with Gasteiger partial charge >= 0.3 is 0 Å². The lowest BCUT2D eigenvalue weighted by Crippen LogP contribution is -1.83. The highest BCUT2D eigenvalue weighted by Crippen LogP contribution is 2.31. The van der Waals surface area contributed by atoms with Crippen LogP contribution in [0.4, 0.5) is 0 Å². The number of hydrogen-bond acceptors (Lipinski definition) is 4. The molecule has 0 aliphatic carbocycles. The molecule has 0 aliphatic rings. The Kier molecular flexibility index (Phi) is 3.40. The number of nitrogens with one attached hydrogen (secondary N) is 1. The molecule has 4 rings (SSSR count). The molecule has 0 amide bonds. The van der Waals surface area contributed by atoms with Crippen molar-refractivity contribution in [1.29, 1.82) is 0 Å². The van der Waals surface area contributed by atoms with E-state index in [4.69, 9.17) is 16.0 Å². The van der Waals surface area contributed by atoms with Gasteiger partial charge in [-0.05, 0) is 29.8 Å². The lowest BCUT2D eigenvalue weighted by molar-refractivity contribution is 0.582. The van der Waals surface area contributed by atoms with Crippen molar-refractivity contribution in [2.45, 2.75) is 0 Å². The molecular weight excluding hydrogens is 312 g/mol. The van der Waals surface area contributed by atoms with Crippen molar-refractivity contribution in [3.8, 4) is 34.2 Å². The van der Waals surface area contributed by atoms with E-state index in [1.54, 1.807) is 6.20 Å². The minimum Gasteiger partial charge on any atom is -0.415 e. The van der Waals surface area contributed by atoms with E-state index in [1.165, 1.54) is 0 Å². The smallest absolute Gasteiger partial charge is 0.266 e. The van der Waals surface area contributed by atoms with Gasteiger partial charge in [0.25, 0.3) is 5.89 Å². The van der Waals surface area contributed by atoms with Crippen molar-refractivity contribution in [1.82, 2.24) is 20.4 Å². The predicted octanol–water partition coefficient (Wildman–Crippen LogP) is 4.45. The third-order valence-electron chi connectivity index (χ3n) is 3.45. The molecule has 0 spiro atoms. The first-order valence-electron chi connectivity index (χ1n) is 7.00. The molecule has 0 radical (unpaired) electrons. The highest BCUT2D eigenvalue weighted by molar-refractivity contribution is 6.30. The molecule has 1 N–H and O–H groups in total. The Morgan fingerprint density at radius 1 is 0.826 bits per heavy atom. The maximum atomic E-state index is 5.94. The van der Waals surface area contributed by atoms with Crippen LogP contribution < -0.4 is 0 Å². The van der Waals surface area contributed by atoms with E-state index >= 15 is 0 Å². The summed E-state index contributed by atoms with van der Waals surface area (Å²) in [6.45, 7) is 0. The van der Waals surface area contributed by atoms with Gasteiger partial charge < -0.3 is 4.42 Å². The molecule has 0 fully saturated rings. The van der Waals surface area contributed by atoms with Crippen molar-refractivity contribution in [3.05, 3.63) is 65.8 Å². The van der Waals surface area contributed by atoms with Crippen LogP contribution in [0.15, 0.2) is 65.2 Å². The van der Waals surface area contributed by atoms with Gasteiger partial charge in [-0.3, -0.25) is 5.10 Å². The molecule has 112 valence electrons. The van der Waals surface area contributed by atoms with E-state index in [1.807, 2.05) is 54.6 Å². The van der Waals surface area contributed by atoms with Crippen LogP contribution in [0.5, 0.6) is 0 Å². The molecule has 5 nitrogen and oxygen atoms in total. The van der Waals surface area contributed by atoms with Gasteiger partial charge in [0, 0.05) is 16.1 Å². The summed E-state index contributed by atoms with van der Waals surface area (Å²) in [4.78, 5) is 0. The van der Waals surface area contributed by atoms with E-state index in [9.17, 15) is 0 Å². The summed E-state index contributed by atoms with van der Waals surface area (Å²) < 4.78 is 5.78. The Labute approximate surface area is 137 Å². The first kappa shape index (κ1) is 13.7. The summed E-state index contributed by atoms with van der Waals surface area (Å²) in [7, 11) is 0. The SMILES string of the molecule is Clc1ccc(-c2cn[nH]c2-c2nnc(-c3ccccc3)o2)cc1. The largest absolute Gasteiger partial charge is 0.415 e. The summed E-state index contributed by atoms with van der Waals surface area (Å²) in [5.41, 5.74) is 3.41. The van der Waals surface area contributed by atoms with Crippen LogP contribution in [0.25, 0.3) is 34.2 Å². The molecule has 23 heavy (non-hydrogen) atoms. The summed E-state index contributed by atoms with van der Waals surface area (Å²) in [6, 6.07) is 17.1. The topological polar surface area (TPSA) is 67.6 Å². The fourth-order valence-corrected chi connectivity index (χ4v) is 2.45. The van der Waals surface area contributed by atoms with Crippen molar-refractivity contribution in [2.75, 3.05) is 0 Å². The highest BCUT2D eigenvalue weighted by atomic mass is 35.5.